The van der Waals surface area contributed by atoms with Crippen LogP contribution in [0.15, 0.2) is 0 Å². The molecule has 1 aromatic rings. The van der Waals surface area contributed by atoms with Crippen LogP contribution in [-0.4, -0.2) is 201 Å². The van der Waals surface area contributed by atoms with Gasteiger partial charge in [0.15, 0.2) is 5.82 Å². The summed E-state index contributed by atoms with van der Waals surface area (Å²) in [6.07, 6.45) is -0.687. The van der Waals surface area contributed by atoms with Gasteiger partial charge in [0.05, 0.1) is 66.2 Å². The molecule has 0 aliphatic carbocycles. The van der Waals surface area contributed by atoms with E-state index in [2.05, 4.69) is 15.3 Å². The summed E-state index contributed by atoms with van der Waals surface area (Å²) < 4.78 is 0. The van der Waals surface area contributed by atoms with Crippen LogP contribution in [0.3, 0.4) is 0 Å². The average molecular weight is 594 g/mol. The molecule has 41 heavy (non-hydrogen) atoms. The lowest BCUT2D eigenvalue weighted by molar-refractivity contribution is 0.0784. The van der Waals surface area contributed by atoms with Crippen LogP contribution in [0.2, 0.25) is 0 Å². The van der Waals surface area contributed by atoms with Crippen molar-refractivity contribution in [3.8, 4) is 0 Å². The topological polar surface area (TPSA) is 229 Å². The van der Waals surface area contributed by atoms with Gasteiger partial charge in [0.2, 0.25) is 5.95 Å². The van der Waals surface area contributed by atoms with Gasteiger partial charge in [-0.3, -0.25) is 24.9 Å². The minimum atomic E-state index is -0.687. The van der Waals surface area contributed by atoms with E-state index in [1.165, 1.54) is 0 Å². The highest BCUT2D eigenvalue weighted by Gasteiger charge is 2.26. The summed E-state index contributed by atoms with van der Waals surface area (Å²) in [5.41, 5.74) is 0. The van der Waals surface area contributed by atoms with Crippen molar-refractivity contribution in [2.24, 2.45) is 0 Å². The summed E-state index contributed by atoms with van der Waals surface area (Å²) in [7, 11) is 0. The van der Waals surface area contributed by atoms with Gasteiger partial charge in [0.25, 0.3) is 0 Å². The van der Waals surface area contributed by atoms with Gasteiger partial charge in [-0.05, 0) is 6.92 Å². The number of hydrogen-bond acceptors (Lipinski definition) is 17. The van der Waals surface area contributed by atoms with Crippen molar-refractivity contribution >= 4 is 5.95 Å². The number of rotatable bonds is 26. The molecule has 0 radical (unpaired) electrons. The third-order valence-corrected chi connectivity index (χ3v) is 6.17. The Kier molecular flexibility index (Phi) is 20.8. The Hall–Kier alpha value is -1.71. The minimum absolute atomic E-state index is 0.107. The maximum absolute atomic E-state index is 9.72. The number of aromatic nitrogens is 3. The number of nitrogens with zero attached hydrogens (tertiary/aromatic N) is 8. The van der Waals surface area contributed by atoms with Crippen LogP contribution in [0.4, 0.5) is 5.95 Å². The lowest BCUT2D eigenvalue weighted by atomic mass is 10.3. The molecule has 0 aliphatic heterocycles. The van der Waals surface area contributed by atoms with Crippen LogP contribution < -0.4 is 10.2 Å². The molecule has 0 spiro atoms. The van der Waals surface area contributed by atoms with Crippen molar-refractivity contribution in [2.45, 2.75) is 13.1 Å². The largest absolute Gasteiger partial charge is 0.395 e. The molecular weight excluding hydrogens is 542 g/mol. The summed E-state index contributed by atoms with van der Waals surface area (Å²) in [5, 5.41) is 79.8. The van der Waals surface area contributed by atoms with Crippen molar-refractivity contribution in [1.82, 2.24) is 39.9 Å². The van der Waals surface area contributed by atoms with E-state index in [0.29, 0.717) is 24.7 Å². The molecule has 17 heteroatoms. The van der Waals surface area contributed by atoms with Crippen molar-refractivity contribution in [3.05, 3.63) is 11.6 Å². The van der Waals surface area contributed by atoms with E-state index in [0.717, 1.165) is 0 Å². The van der Waals surface area contributed by atoms with E-state index < -0.39 is 6.17 Å². The Morgan fingerprint density at radius 1 is 0.561 bits per heavy atom. The SMILES string of the molecule is Cc1nc(C(NCN(CCO)CCO)N(CCO)CCO)nc(N(CN(CCO)CCO)CN(CCO)CCO)n1. The number of nitrogens with one attached hydrogen (secondary N) is 1. The van der Waals surface area contributed by atoms with E-state index in [1.54, 1.807) is 21.6 Å². The van der Waals surface area contributed by atoms with Gasteiger partial charge in [0, 0.05) is 59.0 Å². The molecule has 0 saturated heterocycles. The van der Waals surface area contributed by atoms with Crippen LogP contribution in [0.1, 0.15) is 17.8 Å². The smallest absolute Gasteiger partial charge is 0.231 e. The molecule has 1 rings (SSSR count). The van der Waals surface area contributed by atoms with E-state index in [4.69, 9.17) is 4.98 Å². The third kappa shape index (κ3) is 14.3. The van der Waals surface area contributed by atoms with Crippen LogP contribution in [-0.2, 0) is 0 Å². The fourth-order valence-corrected chi connectivity index (χ4v) is 4.26. The number of hydrogen-bond donors (Lipinski definition) is 9. The zero-order valence-electron chi connectivity index (χ0n) is 24.2. The number of anilines is 1. The summed E-state index contributed by atoms with van der Waals surface area (Å²) in [6.45, 7) is 3.41. The Morgan fingerprint density at radius 3 is 1.39 bits per heavy atom. The maximum Gasteiger partial charge on any atom is 0.231 e. The van der Waals surface area contributed by atoms with Gasteiger partial charge >= 0.3 is 0 Å². The molecule has 1 unspecified atom stereocenters. The van der Waals surface area contributed by atoms with Crippen molar-refractivity contribution < 1.29 is 40.9 Å². The Bertz CT molecular complexity index is 747. The predicted molar refractivity (Wildman–Crippen MR) is 150 cm³/mol. The normalized spacial score (nSPS) is 12.8. The highest BCUT2D eigenvalue weighted by Crippen LogP contribution is 2.18. The highest BCUT2D eigenvalue weighted by molar-refractivity contribution is 5.30. The fraction of sp³-hybridized carbons (Fsp3) is 0.875. The van der Waals surface area contributed by atoms with Crippen LogP contribution in [0.25, 0.3) is 0 Å². The third-order valence-electron chi connectivity index (χ3n) is 6.17. The summed E-state index contributed by atoms with van der Waals surface area (Å²) >= 11 is 0. The van der Waals surface area contributed by atoms with Gasteiger partial charge < -0.3 is 45.8 Å². The van der Waals surface area contributed by atoms with Crippen LogP contribution >= 0.6 is 0 Å². The lowest BCUT2D eigenvalue weighted by Crippen LogP contribution is -2.49. The zero-order chi connectivity index (χ0) is 30.5. The monoisotopic (exact) mass is 593 g/mol. The van der Waals surface area contributed by atoms with Crippen LogP contribution in [0, 0.1) is 6.92 Å². The molecule has 0 fully saturated rings. The van der Waals surface area contributed by atoms with E-state index in [1.807, 2.05) is 9.80 Å². The Balaban J connectivity index is 3.53. The quantitative estimate of drug-likeness (QED) is 0.0456. The zero-order valence-corrected chi connectivity index (χ0v) is 24.2. The molecular formula is C24H51N9O8. The first-order valence-corrected chi connectivity index (χ1v) is 13.9. The summed E-state index contributed by atoms with van der Waals surface area (Å²) in [6, 6.07) is 0. The molecule has 0 aliphatic rings. The minimum Gasteiger partial charge on any atom is -0.395 e. The Labute approximate surface area is 241 Å². The standard InChI is InChI=1S/C24H51N9O8/c1-21-26-22(23(32(8-16-40)9-17-41)25-18-29(2-10-34)3-11-35)28-24(27-21)33(19-30(4-12-36)5-13-37)20-31(6-14-38)7-15-39/h23,25,34-41H,2-20H2,1H3. The fourth-order valence-electron chi connectivity index (χ4n) is 4.26. The average Bonchev–Trinajstić information content (AvgIpc) is 2.93. The van der Waals surface area contributed by atoms with Crippen molar-refractivity contribution in [1.29, 1.82) is 0 Å². The van der Waals surface area contributed by atoms with E-state index in [-0.39, 0.29) is 118 Å². The molecule has 1 atom stereocenters. The molecule has 0 aromatic carbocycles. The van der Waals surface area contributed by atoms with Gasteiger partial charge in [-0.1, -0.05) is 0 Å². The van der Waals surface area contributed by atoms with Crippen molar-refractivity contribution in [3.63, 3.8) is 0 Å². The molecule has 1 heterocycles. The molecule has 240 valence electrons. The van der Waals surface area contributed by atoms with E-state index >= 15 is 0 Å². The lowest BCUT2D eigenvalue weighted by Gasteiger charge is -2.35. The maximum atomic E-state index is 9.72. The second kappa shape index (κ2) is 22.8. The van der Waals surface area contributed by atoms with Gasteiger partial charge in [-0.15, -0.1) is 0 Å². The molecule has 0 amide bonds. The predicted octanol–water partition coefficient (Wildman–Crippen LogP) is -5.41. The number of aliphatic hydroxyl groups is 8. The van der Waals surface area contributed by atoms with Crippen LogP contribution in [0.5, 0.6) is 0 Å². The molecule has 0 bridgehead atoms. The molecule has 1 aromatic heterocycles. The van der Waals surface area contributed by atoms with Crippen molar-refractivity contribution in [2.75, 3.05) is 130 Å². The van der Waals surface area contributed by atoms with E-state index in [9.17, 15) is 40.9 Å². The molecule has 9 N–H and O–H groups in total. The molecule has 17 nitrogen and oxygen atoms in total. The second-order valence-corrected chi connectivity index (χ2v) is 9.31. The first-order chi connectivity index (χ1) is 19.9. The van der Waals surface area contributed by atoms with Gasteiger partial charge in [-0.2, -0.15) is 9.97 Å². The molecule has 0 saturated carbocycles. The number of aliphatic hydroxyl groups excluding tert-OH is 8. The summed E-state index contributed by atoms with van der Waals surface area (Å²) in [4.78, 5) is 22.8. The first-order valence-electron chi connectivity index (χ1n) is 13.9. The first kappa shape index (κ1) is 37.3. The van der Waals surface area contributed by atoms with Gasteiger partial charge in [0.1, 0.15) is 12.0 Å². The Morgan fingerprint density at radius 2 is 0.976 bits per heavy atom. The second-order valence-electron chi connectivity index (χ2n) is 9.31. The number of aryl methyl sites for hydroxylation is 1. The van der Waals surface area contributed by atoms with Gasteiger partial charge in [-0.25, -0.2) is 4.98 Å². The summed E-state index contributed by atoms with van der Waals surface area (Å²) in [5.74, 6) is 0.972. The highest BCUT2D eigenvalue weighted by atomic mass is 16.3.